The molecular formula is C19H15ClN6O. The van der Waals surface area contributed by atoms with Crippen molar-refractivity contribution in [1.82, 2.24) is 25.2 Å². The summed E-state index contributed by atoms with van der Waals surface area (Å²) in [6, 6.07) is 14.8. The van der Waals surface area contributed by atoms with Crippen molar-refractivity contribution in [2.75, 3.05) is 5.32 Å². The van der Waals surface area contributed by atoms with Gasteiger partial charge in [0.05, 0.1) is 5.69 Å². The number of tetrazole rings is 1. The number of fused-ring (bicyclic) bond motifs is 1. The maximum Gasteiger partial charge on any atom is 0.272 e. The summed E-state index contributed by atoms with van der Waals surface area (Å²) in [5, 5.41) is 18.3. The van der Waals surface area contributed by atoms with Crippen molar-refractivity contribution in [1.29, 1.82) is 0 Å². The van der Waals surface area contributed by atoms with E-state index in [-0.39, 0.29) is 5.91 Å². The molecule has 2 aromatic carbocycles. The number of para-hydroxylation sites is 1. The Morgan fingerprint density at radius 2 is 2.11 bits per heavy atom. The lowest BCUT2D eigenvalue weighted by Crippen LogP contribution is -2.17. The number of allylic oxidation sites excluding steroid dienone is 1. The number of H-pyrrole nitrogens is 1. The highest BCUT2D eigenvalue weighted by Gasteiger charge is 2.18. The first kappa shape index (κ1) is 17.0. The molecule has 0 spiro atoms. The molecule has 0 saturated carbocycles. The Morgan fingerprint density at radius 1 is 1.26 bits per heavy atom. The second kappa shape index (κ2) is 7.05. The number of carbonyl (C=O) groups excluding carboxylic acids is 1. The fourth-order valence-corrected chi connectivity index (χ4v) is 3.17. The fourth-order valence-electron chi connectivity index (χ4n) is 3.00. The number of hydrogen-bond donors (Lipinski definition) is 2. The summed E-state index contributed by atoms with van der Waals surface area (Å²) in [4.78, 5) is 13.0. The second-order valence-electron chi connectivity index (χ2n) is 5.87. The van der Waals surface area contributed by atoms with Gasteiger partial charge < -0.3 is 9.88 Å². The van der Waals surface area contributed by atoms with E-state index in [9.17, 15) is 4.79 Å². The zero-order chi connectivity index (χ0) is 18.8. The Hall–Kier alpha value is -3.45. The summed E-state index contributed by atoms with van der Waals surface area (Å²) in [7, 11) is 0. The molecule has 27 heavy (non-hydrogen) atoms. The molecule has 8 heteroatoms. The van der Waals surface area contributed by atoms with Crippen LogP contribution in [0, 0.1) is 0 Å². The predicted molar refractivity (Wildman–Crippen MR) is 105 cm³/mol. The van der Waals surface area contributed by atoms with Crippen LogP contribution in [0.2, 0.25) is 5.02 Å². The summed E-state index contributed by atoms with van der Waals surface area (Å²) in [5.41, 5.74) is 2.62. The standard InChI is InChI=1S/C19H15ClN6O/c1-2-9-26-16-6-4-3-5-12(16)10-17(26)19(27)21-15-8-7-13(20)11-14(15)18-22-24-25-23-18/h2-8,10-11H,1,9H2,(H,21,27)(H,22,23,24,25). The van der Waals surface area contributed by atoms with Crippen LogP contribution in [-0.4, -0.2) is 31.1 Å². The Labute approximate surface area is 159 Å². The summed E-state index contributed by atoms with van der Waals surface area (Å²) in [6.07, 6.45) is 1.76. The summed E-state index contributed by atoms with van der Waals surface area (Å²) in [6.45, 7) is 4.31. The molecule has 0 aliphatic rings. The minimum absolute atomic E-state index is 0.250. The van der Waals surface area contributed by atoms with E-state index in [0.29, 0.717) is 34.3 Å². The molecule has 0 bridgehead atoms. The van der Waals surface area contributed by atoms with Crippen molar-refractivity contribution < 1.29 is 4.79 Å². The molecule has 0 atom stereocenters. The fraction of sp³-hybridized carbons (Fsp3) is 0.0526. The molecular weight excluding hydrogens is 364 g/mol. The van der Waals surface area contributed by atoms with Crippen molar-refractivity contribution in [3.8, 4) is 11.4 Å². The number of anilines is 1. The van der Waals surface area contributed by atoms with Crippen LogP contribution in [0.5, 0.6) is 0 Å². The number of nitrogens with one attached hydrogen (secondary N) is 2. The molecule has 1 amide bonds. The smallest absolute Gasteiger partial charge is 0.272 e. The van der Waals surface area contributed by atoms with Crippen molar-refractivity contribution in [3.63, 3.8) is 0 Å². The number of aromatic nitrogens is 5. The minimum Gasteiger partial charge on any atom is -0.333 e. The Morgan fingerprint density at radius 3 is 2.89 bits per heavy atom. The lowest BCUT2D eigenvalue weighted by Gasteiger charge is -2.11. The van der Waals surface area contributed by atoms with Gasteiger partial charge in [0.1, 0.15) is 5.69 Å². The lowest BCUT2D eigenvalue weighted by molar-refractivity contribution is 0.101. The molecule has 0 aliphatic heterocycles. The van der Waals surface area contributed by atoms with Crippen LogP contribution in [0.25, 0.3) is 22.3 Å². The van der Waals surface area contributed by atoms with Crippen LogP contribution in [0.1, 0.15) is 10.5 Å². The van der Waals surface area contributed by atoms with Crippen LogP contribution in [-0.2, 0) is 6.54 Å². The van der Waals surface area contributed by atoms with E-state index in [0.717, 1.165) is 10.9 Å². The topological polar surface area (TPSA) is 88.5 Å². The van der Waals surface area contributed by atoms with E-state index >= 15 is 0 Å². The largest absolute Gasteiger partial charge is 0.333 e. The van der Waals surface area contributed by atoms with Crippen LogP contribution in [0.15, 0.2) is 61.2 Å². The number of hydrogen-bond acceptors (Lipinski definition) is 4. The lowest BCUT2D eigenvalue weighted by atomic mass is 10.1. The number of benzene rings is 2. The third-order valence-electron chi connectivity index (χ3n) is 4.17. The minimum atomic E-state index is -0.250. The van der Waals surface area contributed by atoms with Gasteiger partial charge >= 0.3 is 0 Å². The molecule has 0 fully saturated rings. The summed E-state index contributed by atoms with van der Waals surface area (Å²) >= 11 is 6.09. The molecule has 2 heterocycles. The van der Waals surface area contributed by atoms with Gasteiger partial charge in [-0.1, -0.05) is 35.9 Å². The number of carbonyl (C=O) groups is 1. The molecule has 4 rings (SSSR count). The van der Waals surface area contributed by atoms with Gasteiger partial charge in [0.2, 0.25) is 5.82 Å². The Kier molecular flexibility index (Phi) is 4.43. The van der Waals surface area contributed by atoms with Gasteiger partial charge in [0.25, 0.3) is 5.91 Å². The highest BCUT2D eigenvalue weighted by Crippen LogP contribution is 2.29. The highest BCUT2D eigenvalue weighted by atomic mass is 35.5. The molecule has 7 nitrogen and oxygen atoms in total. The van der Waals surface area contributed by atoms with Crippen LogP contribution >= 0.6 is 11.6 Å². The number of halogens is 1. The van der Waals surface area contributed by atoms with Crippen LogP contribution in [0.4, 0.5) is 5.69 Å². The van der Waals surface area contributed by atoms with E-state index < -0.39 is 0 Å². The molecule has 2 N–H and O–H groups in total. The van der Waals surface area contributed by atoms with E-state index in [1.807, 2.05) is 34.9 Å². The molecule has 134 valence electrons. The molecule has 0 saturated heterocycles. The van der Waals surface area contributed by atoms with Crippen molar-refractivity contribution in [2.24, 2.45) is 0 Å². The zero-order valence-corrected chi connectivity index (χ0v) is 14.9. The van der Waals surface area contributed by atoms with Crippen molar-refractivity contribution >= 4 is 34.1 Å². The average molecular weight is 379 g/mol. The maximum absolute atomic E-state index is 13.0. The third-order valence-corrected chi connectivity index (χ3v) is 4.41. The SMILES string of the molecule is C=CCn1c(C(=O)Nc2ccc(Cl)cc2-c2nn[nH]n2)cc2ccccc21. The van der Waals surface area contributed by atoms with E-state index in [1.165, 1.54) is 0 Å². The first-order valence-electron chi connectivity index (χ1n) is 8.21. The molecule has 2 aromatic heterocycles. The monoisotopic (exact) mass is 378 g/mol. The number of nitrogens with zero attached hydrogens (tertiary/aromatic N) is 4. The number of rotatable bonds is 5. The second-order valence-corrected chi connectivity index (χ2v) is 6.30. The molecule has 0 radical (unpaired) electrons. The van der Waals surface area contributed by atoms with Gasteiger partial charge in [-0.05, 0) is 35.5 Å². The van der Waals surface area contributed by atoms with Gasteiger partial charge in [0.15, 0.2) is 0 Å². The van der Waals surface area contributed by atoms with E-state index in [2.05, 4.69) is 32.5 Å². The summed E-state index contributed by atoms with van der Waals surface area (Å²) < 4.78 is 1.92. The van der Waals surface area contributed by atoms with Crippen LogP contribution < -0.4 is 5.32 Å². The highest BCUT2D eigenvalue weighted by molar-refractivity contribution is 6.31. The van der Waals surface area contributed by atoms with Gasteiger partial charge in [-0.3, -0.25) is 4.79 Å². The molecule has 0 aliphatic carbocycles. The predicted octanol–water partition coefficient (Wildman–Crippen LogP) is 3.91. The first-order valence-corrected chi connectivity index (χ1v) is 8.59. The zero-order valence-electron chi connectivity index (χ0n) is 14.2. The van der Waals surface area contributed by atoms with Crippen molar-refractivity contribution in [2.45, 2.75) is 6.54 Å². The van der Waals surface area contributed by atoms with E-state index in [4.69, 9.17) is 11.6 Å². The first-order chi connectivity index (χ1) is 13.2. The van der Waals surface area contributed by atoms with Crippen LogP contribution in [0.3, 0.4) is 0 Å². The third kappa shape index (κ3) is 3.20. The van der Waals surface area contributed by atoms with Crippen molar-refractivity contribution in [3.05, 3.63) is 71.9 Å². The van der Waals surface area contributed by atoms with Gasteiger partial charge in [-0.25, -0.2) is 0 Å². The summed E-state index contributed by atoms with van der Waals surface area (Å²) in [5.74, 6) is 0.0968. The molecule has 4 aromatic rings. The average Bonchev–Trinajstić information content (AvgIpc) is 3.32. The number of aromatic amines is 1. The Bertz CT molecular complexity index is 1130. The Balaban J connectivity index is 1.75. The maximum atomic E-state index is 13.0. The van der Waals surface area contributed by atoms with Gasteiger partial charge in [-0.2, -0.15) is 5.21 Å². The normalized spacial score (nSPS) is 10.9. The number of amides is 1. The molecule has 0 unspecified atom stereocenters. The quantitative estimate of drug-likeness (QED) is 0.515. The van der Waals surface area contributed by atoms with E-state index in [1.54, 1.807) is 24.3 Å². The van der Waals surface area contributed by atoms with Gasteiger partial charge in [0, 0.05) is 28.0 Å². The van der Waals surface area contributed by atoms with Gasteiger partial charge in [-0.15, -0.1) is 16.8 Å².